The smallest absolute Gasteiger partial charge is 0.268 e. The number of hydrogen-bond donors (Lipinski definition) is 1. The van der Waals surface area contributed by atoms with Gasteiger partial charge in [-0.2, -0.15) is 0 Å². The van der Waals surface area contributed by atoms with Gasteiger partial charge in [-0.3, -0.25) is 9.78 Å². The van der Waals surface area contributed by atoms with E-state index in [0.717, 1.165) is 12.0 Å². The van der Waals surface area contributed by atoms with Gasteiger partial charge in [-0.1, -0.05) is 13.0 Å². The minimum Gasteiger partial charge on any atom is -0.364 e. The molecule has 0 aliphatic rings. The minimum absolute atomic E-state index is 0.111. The molecule has 0 aliphatic heterocycles. The van der Waals surface area contributed by atoms with Crippen molar-refractivity contribution in [2.75, 3.05) is 0 Å². The van der Waals surface area contributed by atoms with Gasteiger partial charge < -0.3 is 5.73 Å². The summed E-state index contributed by atoms with van der Waals surface area (Å²) < 4.78 is 0. The Hall–Kier alpha value is -2.30. The van der Waals surface area contributed by atoms with E-state index in [4.69, 9.17) is 5.73 Å². The fourth-order valence-electron chi connectivity index (χ4n) is 1.34. The zero-order valence-corrected chi connectivity index (χ0v) is 9.34. The zero-order chi connectivity index (χ0) is 12.3. The normalized spacial score (nSPS) is 10.2. The highest BCUT2D eigenvalue weighted by Crippen LogP contribution is 2.13. The van der Waals surface area contributed by atoms with E-state index < -0.39 is 5.91 Å². The van der Waals surface area contributed by atoms with Crippen LogP contribution in [0, 0.1) is 6.20 Å². The first kappa shape index (κ1) is 11.2. The molecular formula is C12H11N4O. The number of carbonyl (C=O) groups is 1. The highest BCUT2D eigenvalue weighted by molar-refractivity contribution is 5.90. The highest BCUT2D eigenvalue weighted by Gasteiger charge is 2.07. The number of nitrogens with two attached hydrogens (primary N) is 1. The lowest BCUT2D eigenvalue weighted by molar-refractivity contribution is 0.0995. The lowest BCUT2D eigenvalue weighted by atomic mass is 10.2. The van der Waals surface area contributed by atoms with Crippen molar-refractivity contribution < 1.29 is 4.79 Å². The van der Waals surface area contributed by atoms with E-state index in [2.05, 4.69) is 28.1 Å². The van der Waals surface area contributed by atoms with Crippen LogP contribution >= 0.6 is 0 Å². The van der Waals surface area contributed by atoms with Crippen LogP contribution in [0.3, 0.4) is 0 Å². The highest BCUT2D eigenvalue weighted by atomic mass is 16.1. The van der Waals surface area contributed by atoms with E-state index in [-0.39, 0.29) is 5.69 Å². The lowest BCUT2D eigenvalue weighted by Gasteiger charge is -2.01. The summed E-state index contributed by atoms with van der Waals surface area (Å²) in [4.78, 5) is 23.0. The van der Waals surface area contributed by atoms with Crippen molar-refractivity contribution in [3.8, 4) is 11.4 Å². The molecule has 0 bridgehead atoms. The van der Waals surface area contributed by atoms with Gasteiger partial charge >= 0.3 is 0 Å². The van der Waals surface area contributed by atoms with E-state index >= 15 is 0 Å². The summed E-state index contributed by atoms with van der Waals surface area (Å²) in [5.41, 5.74) is 7.42. The Morgan fingerprint density at radius 2 is 2.24 bits per heavy atom. The number of nitrogens with zero attached hydrogens (tertiary/aromatic N) is 3. The number of carbonyl (C=O) groups excluding carboxylic acids is 1. The summed E-state index contributed by atoms with van der Waals surface area (Å²) in [6, 6.07) is 3.78. The molecule has 2 N–H and O–H groups in total. The summed E-state index contributed by atoms with van der Waals surface area (Å²) in [5.74, 6) is -0.613. The second-order valence-electron chi connectivity index (χ2n) is 3.49. The monoisotopic (exact) mass is 227 g/mol. The predicted octanol–water partition coefficient (Wildman–Crippen LogP) is 1.00. The van der Waals surface area contributed by atoms with Gasteiger partial charge in [0.25, 0.3) is 5.91 Å². The van der Waals surface area contributed by atoms with Crippen LogP contribution in [0.1, 0.15) is 23.0 Å². The molecule has 85 valence electrons. The first-order valence-electron chi connectivity index (χ1n) is 5.20. The van der Waals surface area contributed by atoms with Crippen molar-refractivity contribution >= 4 is 5.91 Å². The van der Waals surface area contributed by atoms with E-state index in [9.17, 15) is 4.79 Å². The quantitative estimate of drug-likeness (QED) is 0.848. The molecule has 1 radical (unpaired) electrons. The number of hydrogen-bond acceptors (Lipinski definition) is 4. The van der Waals surface area contributed by atoms with Gasteiger partial charge in [0.1, 0.15) is 17.6 Å². The van der Waals surface area contributed by atoms with Crippen molar-refractivity contribution in [2.24, 2.45) is 5.73 Å². The van der Waals surface area contributed by atoms with Gasteiger partial charge in [-0.25, -0.2) is 9.97 Å². The maximum atomic E-state index is 11.0. The molecule has 0 fully saturated rings. The molecule has 0 spiro atoms. The summed E-state index contributed by atoms with van der Waals surface area (Å²) in [5, 5.41) is 0. The third-order valence-electron chi connectivity index (χ3n) is 2.32. The van der Waals surface area contributed by atoms with Crippen LogP contribution in [0.5, 0.6) is 0 Å². The first-order valence-corrected chi connectivity index (χ1v) is 5.20. The van der Waals surface area contributed by atoms with Crippen LogP contribution in [-0.2, 0) is 6.42 Å². The summed E-state index contributed by atoms with van der Waals surface area (Å²) in [7, 11) is 0. The van der Waals surface area contributed by atoms with Crippen molar-refractivity contribution in [3.05, 3.63) is 42.0 Å². The van der Waals surface area contributed by atoms with Crippen LogP contribution in [0.4, 0.5) is 0 Å². The number of aromatic nitrogens is 3. The molecule has 0 atom stereocenters. The Labute approximate surface area is 98.7 Å². The summed E-state index contributed by atoms with van der Waals surface area (Å²) in [6.07, 6.45) is 6.66. The molecule has 1 amide bonds. The Morgan fingerprint density at radius 3 is 2.82 bits per heavy atom. The number of amides is 1. The Morgan fingerprint density at radius 1 is 1.41 bits per heavy atom. The van der Waals surface area contributed by atoms with E-state index in [1.54, 1.807) is 6.20 Å². The molecule has 2 aromatic rings. The molecule has 5 heteroatoms. The molecule has 0 unspecified atom stereocenters. The molecule has 2 aromatic heterocycles. The van der Waals surface area contributed by atoms with Gasteiger partial charge in [-0.05, 0) is 18.1 Å². The van der Waals surface area contributed by atoms with Gasteiger partial charge in [0.2, 0.25) is 0 Å². The molecule has 2 rings (SSSR count). The molecular weight excluding hydrogens is 216 g/mol. The second-order valence-corrected chi connectivity index (χ2v) is 3.49. The topological polar surface area (TPSA) is 81.8 Å². The largest absolute Gasteiger partial charge is 0.364 e. The Bertz CT molecular complexity index is 536. The van der Waals surface area contributed by atoms with E-state index in [1.165, 1.54) is 6.20 Å². The second kappa shape index (κ2) is 4.69. The summed E-state index contributed by atoms with van der Waals surface area (Å²) in [6.45, 7) is 2.05. The van der Waals surface area contributed by atoms with Gasteiger partial charge in [-0.15, -0.1) is 0 Å². The Balaban J connectivity index is 2.38. The molecule has 5 nitrogen and oxygen atoms in total. The molecule has 0 aromatic carbocycles. The molecule has 0 saturated carbocycles. The molecule has 0 saturated heterocycles. The van der Waals surface area contributed by atoms with Crippen LogP contribution in [0.2, 0.25) is 0 Å². The van der Waals surface area contributed by atoms with Crippen molar-refractivity contribution in [1.82, 2.24) is 15.0 Å². The molecule has 0 aliphatic carbocycles. The maximum Gasteiger partial charge on any atom is 0.268 e. The van der Waals surface area contributed by atoms with Crippen molar-refractivity contribution in [3.63, 3.8) is 0 Å². The third kappa shape index (κ3) is 2.44. The van der Waals surface area contributed by atoms with Crippen LogP contribution < -0.4 is 5.73 Å². The fraction of sp³-hybridized carbons (Fsp3) is 0.167. The van der Waals surface area contributed by atoms with Crippen molar-refractivity contribution in [1.29, 1.82) is 0 Å². The van der Waals surface area contributed by atoms with Gasteiger partial charge in [0, 0.05) is 6.20 Å². The fourth-order valence-corrected chi connectivity index (χ4v) is 1.34. The van der Waals surface area contributed by atoms with Crippen LogP contribution in [0.15, 0.2) is 24.5 Å². The number of rotatable bonds is 3. The number of primary amides is 1. The van der Waals surface area contributed by atoms with E-state index in [1.807, 2.05) is 12.1 Å². The van der Waals surface area contributed by atoms with Gasteiger partial charge in [0.05, 0.1) is 11.9 Å². The van der Waals surface area contributed by atoms with Crippen molar-refractivity contribution in [2.45, 2.75) is 13.3 Å². The predicted molar refractivity (Wildman–Crippen MR) is 62.0 cm³/mol. The first-order chi connectivity index (χ1) is 8.20. The van der Waals surface area contributed by atoms with E-state index in [0.29, 0.717) is 11.4 Å². The van der Waals surface area contributed by atoms with Crippen LogP contribution in [-0.4, -0.2) is 20.9 Å². The third-order valence-corrected chi connectivity index (χ3v) is 2.32. The minimum atomic E-state index is -0.613. The summed E-state index contributed by atoms with van der Waals surface area (Å²) >= 11 is 0. The maximum absolute atomic E-state index is 11.0. The Kier molecular flexibility index (Phi) is 3.09. The molecule has 17 heavy (non-hydrogen) atoms. The average Bonchev–Trinajstić information content (AvgIpc) is 2.39. The van der Waals surface area contributed by atoms with Gasteiger partial charge in [0.15, 0.2) is 0 Å². The number of aryl methyl sites for hydroxylation is 1. The van der Waals surface area contributed by atoms with Crippen LogP contribution in [0.25, 0.3) is 11.4 Å². The molecule has 2 heterocycles. The average molecular weight is 227 g/mol. The SMILES string of the molecule is CCc1ccc(-c2[c]ncc(C(N)=O)n2)nc1. The standard InChI is InChI=1S/C12H11N4O/c1-2-8-3-4-9(15-5-8)10-6-14-7-11(16-10)12(13)17/h3-5,7H,2H2,1H3,(H2,13,17). The zero-order valence-electron chi connectivity index (χ0n) is 9.34. The number of pyridine rings is 1. The lowest BCUT2D eigenvalue weighted by Crippen LogP contribution is -2.13.